The van der Waals surface area contributed by atoms with Gasteiger partial charge in [-0.25, -0.2) is 0 Å². The number of carbonyl (C=O) groups is 2. The van der Waals surface area contributed by atoms with E-state index in [1.54, 1.807) is 12.1 Å². The van der Waals surface area contributed by atoms with E-state index in [2.05, 4.69) is 29.4 Å². The van der Waals surface area contributed by atoms with Gasteiger partial charge in [-0.15, -0.1) is 0 Å². The smallest absolute Gasteiger partial charge is 0.255 e. The minimum Gasteiger partial charge on any atom is -0.377 e. The van der Waals surface area contributed by atoms with Crippen molar-refractivity contribution >= 4 is 23.2 Å². The van der Waals surface area contributed by atoms with Gasteiger partial charge in [-0.2, -0.15) is 0 Å². The summed E-state index contributed by atoms with van der Waals surface area (Å²) in [7, 11) is 0. The van der Waals surface area contributed by atoms with Gasteiger partial charge in [0.25, 0.3) is 11.8 Å². The van der Waals surface area contributed by atoms with Gasteiger partial charge in [0.05, 0.1) is 24.6 Å². The average Bonchev–Trinajstić information content (AvgIpc) is 2.74. The average molecular weight is 425 g/mol. The van der Waals surface area contributed by atoms with E-state index in [1.807, 2.05) is 38.1 Å². The number of nitrogens with zero attached hydrogens (tertiary/aromatic N) is 1. The zero-order valence-electron chi connectivity index (χ0n) is 18.7. The molecule has 2 atom stereocenters. The first-order chi connectivity index (χ1) is 14.8. The van der Waals surface area contributed by atoms with E-state index in [9.17, 15) is 9.59 Å². The molecule has 2 amide bonds. The highest BCUT2D eigenvalue weighted by Crippen LogP contribution is 2.32. The Morgan fingerprint density at radius 2 is 1.65 bits per heavy atom. The van der Waals surface area contributed by atoms with Gasteiger partial charge in [0.2, 0.25) is 0 Å². The van der Waals surface area contributed by atoms with E-state index in [0.717, 1.165) is 16.8 Å². The zero-order chi connectivity index (χ0) is 22.5. The zero-order valence-corrected chi connectivity index (χ0v) is 18.7. The normalized spacial score (nSPS) is 18.5. The first kappa shape index (κ1) is 22.8. The van der Waals surface area contributed by atoms with Crippen LogP contribution in [0.4, 0.5) is 11.4 Å². The van der Waals surface area contributed by atoms with Crippen LogP contribution in [0.2, 0.25) is 0 Å². The van der Waals surface area contributed by atoms with Crippen LogP contribution in [0.1, 0.15) is 45.7 Å². The first-order valence-electron chi connectivity index (χ1n) is 10.7. The number of morpholine rings is 1. The van der Waals surface area contributed by atoms with Crippen LogP contribution in [-0.2, 0) is 4.74 Å². The molecule has 2 aromatic rings. The predicted octanol–water partition coefficient (Wildman–Crippen LogP) is 2.86. The Labute approximate surface area is 183 Å². The molecule has 4 N–H and O–H groups in total. The Hall–Kier alpha value is -2.90. The molecule has 31 heavy (non-hydrogen) atoms. The number of hydrogen-bond acceptors (Lipinski definition) is 5. The Kier molecular flexibility index (Phi) is 7.30. The molecule has 0 bridgehead atoms. The summed E-state index contributed by atoms with van der Waals surface area (Å²) in [5.74, 6) is -0.431. The van der Waals surface area contributed by atoms with Crippen molar-refractivity contribution in [2.24, 2.45) is 5.73 Å². The number of nitrogens with two attached hydrogens (primary N) is 1. The highest BCUT2D eigenvalue weighted by atomic mass is 16.5. The molecule has 1 aliphatic rings. The fraction of sp³-hybridized carbons (Fsp3) is 0.417. The van der Waals surface area contributed by atoms with Crippen molar-refractivity contribution in [1.29, 1.82) is 0 Å². The molecule has 0 aromatic heterocycles. The molecule has 0 spiro atoms. The molecule has 0 saturated carbocycles. The number of ether oxygens (including phenoxy) is 1. The van der Waals surface area contributed by atoms with E-state index in [4.69, 9.17) is 10.5 Å². The van der Waals surface area contributed by atoms with Crippen LogP contribution < -0.4 is 21.3 Å². The Bertz CT molecular complexity index is 950. The largest absolute Gasteiger partial charge is 0.377 e. The fourth-order valence-corrected chi connectivity index (χ4v) is 3.85. The number of carbonyl (C=O) groups excluding carboxylic acids is 2. The maximum Gasteiger partial charge on any atom is 0.255 e. The molecule has 1 saturated heterocycles. The summed E-state index contributed by atoms with van der Waals surface area (Å²) in [6.07, 6.45) is 0. The lowest BCUT2D eigenvalue weighted by Gasteiger charge is -2.41. The fourth-order valence-electron chi connectivity index (χ4n) is 3.85. The second kappa shape index (κ2) is 9.94. The van der Waals surface area contributed by atoms with E-state index < -0.39 is 0 Å². The maximum atomic E-state index is 13.1. The number of hydrogen-bond donors (Lipinski definition) is 3. The maximum absolute atomic E-state index is 13.1. The third kappa shape index (κ3) is 5.24. The molecule has 7 heteroatoms. The third-order valence-electron chi connectivity index (χ3n) is 5.65. The third-order valence-corrected chi connectivity index (χ3v) is 5.65. The summed E-state index contributed by atoms with van der Waals surface area (Å²) >= 11 is 0. The first-order valence-corrected chi connectivity index (χ1v) is 10.7. The van der Waals surface area contributed by atoms with Gasteiger partial charge in [0.1, 0.15) is 0 Å². The van der Waals surface area contributed by atoms with Gasteiger partial charge in [-0.1, -0.05) is 6.07 Å². The molecule has 3 rings (SSSR count). The van der Waals surface area contributed by atoms with E-state index >= 15 is 0 Å². The SMILES string of the molecule is Cc1ccc(C(=O)Nc2cc(C(=O)NCCN)ccc2N2C(C)COCC2C)cc1C. The van der Waals surface area contributed by atoms with Crippen LogP contribution >= 0.6 is 0 Å². The number of anilines is 2. The number of amides is 2. The molecule has 166 valence electrons. The summed E-state index contributed by atoms with van der Waals surface area (Å²) in [5, 5.41) is 5.82. The van der Waals surface area contributed by atoms with Gasteiger partial charge in [0.15, 0.2) is 0 Å². The van der Waals surface area contributed by atoms with Gasteiger partial charge >= 0.3 is 0 Å². The Morgan fingerprint density at radius 1 is 1.00 bits per heavy atom. The van der Waals surface area contributed by atoms with Crippen molar-refractivity contribution in [3.63, 3.8) is 0 Å². The van der Waals surface area contributed by atoms with Gasteiger partial charge < -0.3 is 26.0 Å². The van der Waals surface area contributed by atoms with Crippen molar-refractivity contribution in [3.05, 3.63) is 58.7 Å². The van der Waals surface area contributed by atoms with Gasteiger partial charge in [-0.05, 0) is 69.2 Å². The van der Waals surface area contributed by atoms with Crippen LogP contribution in [0.5, 0.6) is 0 Å². The van der Waals surface area contributed by atoms with Crippen molar-refractivity contribution in [3.8, 4) is 0 Å². The molecular weight excluding hydrogens is 392 g/mol. The summed E-state index contributed by atoms with van der Waals surface area (Å²) < 4.78 is 5.66. The van der Waals surface area contributed by atoms with Crippen molar-refractivity contribution < 1.29 is 14.3 Å². The minimum atomic E-state index is -0.221. The Morgan fingerprint density at radius 3 is 2.29 bits per heavy atom. The number of benzene rings is 2. The predicted molar refractivity (Wildman–Crippen MR) is 124 cm³/mol. The monoisotopic (exact) mass is 424 g/mol. The second-order valence-electron chi connectivity index (χ2n) is 8.17. The molecule has 1 aliphatic heterocycles. The molecule has 0 aliphatic carbocycles. The Balaban J connectivity index is 1.97. The number of rotatable bonds is 6. The summed E-state index contributed by atoms with van der Waals surface area (Å²) in [6.45, 7) is 10.1. The number of nitrogens with one attached hydrogen (secondary N) is 2. The molecular formula is C24H32N4O3. The molecule has 1 heterocycles. The lowest BCUT2D eigenvalue weighted by molar-refractivity contribution is 0.0757. The second-order valence-corrected chi connectivity index (χ2v) is 8.17. The van der Waals surface area contributed by atoms with Crippen LogP contribution in [-0.4, -0.2) is 50.2 Å². The van der Waals surface area contributed by atoms with Crippen LogP contribution in [0.3, 0.4) is 0 Å². The van der Waals surface area contributed by atoms with Crippen LogP contribution in [0.15, 0.2) is 36.4 Å². The van der Waals surface area contributed by atoms with Crippen LogP contribution in [0, 0.1) is 13.8 Å². The standard InChI is InChI=1S/C24H32N4O3/c1-15-5-6-19(11-16(15)2)24(30)27-21-12-20(23(29)26-10-9-25)7-8-22(21)28-17(3)13-31-14-18(28)4/h5-8,11-12,17-18H,9-10,13-14,25H2,1-4H3,(H,26,29)(H,27,30). The van der Waals surface area contributed by atoms with Crippen molar-refractivity contribution in [2.45, 2.75) is 39.8 Å². The van der Waals surface area contributed by atoms with E-state index in [-0.39, 0.29) is 23.9 Å². The summed E-state index contributed by atoms with van der Waals surface area (Å²) in [6, 6.07) is 11.3. The van der Waals surface area contributed by atoms with Crippen molar-refractivity contribution in [1.82, 2.24) is 5.32 Å². The highest BCUT2D eigenvalue weighted by Gasteiger charge is 2.28. The lowest BCUT2D eigenvalue weighted by Crippen LogP contribution is -2.50. The van der Waals surface area contributed by atoms with Crippen LogP contribution in [0.25, 0.3) is 0 Å². The van der Waals surface area contributed by atoms with Gasteiger partial charge in [0, 0.05) is 36.3 Å². The number of aryl methyl sites for hydroxylation is 2. The summed E-state index contributed by atoms with van der Waals surface area (Å²) in [4.78, 5) is 27.8. The molecule has 7 nitrogen and oxygen atoms in total. The minimum absolute atomic E-state index is 0.137. The molecule has 2 aromatic carbocycles. The highest BCUT2D eigenvalue weighted by molar-refractivity contribution is 6.07. The molecule has 1 fully saturated rings. The quantitative estimate of drug-likeness (QED) is 0.663. The summed E-state index contributed by atoms with van der Waals surface area (Å²) in [5.41, 5.74) is 10.2. The van der Waals surface area contributed by atoms with Gasteiger partial charge in [-0.3, -0.25) is 9.59 Å². The van der Waals surface area contributed by atoms with E-state index in [0.29, 0.717) is 43.1 Å². The molecule has 2 unspecified atom stereocenters. The topological polar surface area (TPSA) is 96.7 Å². The van der Waals surface area contributed by atoms with E-state index in [1.165, 1.54) is 0 Å². The lowest BCUT2D eigenvalue weighted by atomic mass is 10.0. The van der Waals surface area contributed by atoms with Crippen molar-refractivity contribution in [2.75, 3.05) is 36.5 Å². The molecule has 0 radical (unpaired) electrons.